The number of aromatic nitrogens is 3. The monoisotopic (exact) mass is 500 g/mol. The molecule has 0 amide bonds. The molecule has 0 radical (unpaired) electrons. The minimum Gasteiger partial charge on any atom is -0.295 e. The van der Waals surface area contributed by atoms with Crippen molar-refractivity contribution in [2.45, 2.75) is 40.5 Å². The first kappa shape index (κ1) is 25.2. The highest BCUT2D eigenvalue weighted by Gasteiger charge is 2.17. The lowest BCUT2D eigenvalue weighted by Gasteiger charge is -2.05. The van der Waals surface area contributed by atoms with Crippen molar-refractivity contribution in [3.8, 4) is 5.69 Å². The third-order valence-corrected chi connectivity index (χ3v) is 7.30. The maximum Gasteiger partial charge on any atom is 0.280 e. The van der Waals surface area contributed by atoms with Crippen molar-refractivity contribution >= 4 is 28.6 Å². The highest BCUT2D eigenvalue weighted by atomic mass is 32.1. The molecule has 36 heavy (non-hydrogen) atoms. The molecule has 8 heteroatoms. The number of thiophene rings is 1. The number of H-pyrrole nitrogens is 1. The number of aromatic amines is 1. The number of pyridine rings is 1. The Morgan fingerprint density at radius 1 is 1.00 bits per heavy atom. The minimum absolute atomic E-state index is 0.0146. The molecule has 3 heterocycles. The molecule has 0 spiro atoms. The van der Waals surface area contributed by atoms with Gasteiger partial charge in [0.1, 0.15) is 6.54 Å². The third-order valence-electron chi connectivity index (χ3n) is 6.13. The van der Waals surface area contributed by atoms with Crippen molar-refractivity contribution in [2.24, 2.45) is 4.99 Å². The van der Waals surface area contributed by atoms with E-state index >= 15 is 0 Å². The molecule has 0 fully saturated rings. The molecule has 0 atom stereocenters. The number of carbonyl (C=O) groups excluding carboxylic acids is 2. The average molecular weight is 501 g/mol. The molecule has 0 aliphatic rings. The van der Waals surface area contributed by atoms with Crippen molar-refractivity contribution in [3.05, 3.63) is 103 Å². The van der Waals surface area contributed by atoms with Gasteiger partial charge in [-0.2, -0.15) is 0 Å². The van der Waals surface area contributed by atoms with E-state index in [-0.39, 0.29) is 23.7 Å². The first-order chi connectivity index (χ1) is 17.2. The van der Waals surface area contributed by atoms with Gasteiger partial charge in [-0.05, 0) is 81.6 Å². The summed E-state index contributed by atoms with van der Waals surface area (Å²) in [5.74, 6) is -0.204. The molecular weight excluding hydrogens is 472 g/mol. The smallest absolute Gasteiger partial charge is 0.280 e. The van der Waals surface area contributed by atoms with E-state index in [4.69, 9.17) is 0 Å². The summed E-state index contributed by atoms with van der Waals surface area (Å²) in [7, 11) is 0. The predicted octanol–water partition coefficient (Wildman–Crippen LogP) is 5.05. The van der Waals surface area contributed by atoms with Crippen LogP contribution in [0.5, 0.6) is 0 Å². The van der Waals surface area contributed by atoms with Gasteiger partial charge in [0.25, 0.3) is 5.56 Å². The van der Waals surface area contributed by atoms with Crippen molar-refractivity contribution in [3.63, 3.8) is 0 Å². The van der Waals surface area contributed by atoms with Crippen LogP contribution in [0.2, 0.25) is 0 Å². The van der Waals surface area contributed by atoms with Crippen LogP contribution >= 0.6 is 11.3 Å². The van der Waals surface area contributed by atoms with Crippen molar-refractivity contribution < 1.29 is 9.59 Å². The van der Waals surface area contributed by atoms with Gasteiger partial charge in [-0.25, -0.2) is 4.68 Å². The molecule has 1 aromatic carbocycles. The zero-order chi connectivity index (χ0) is 25.8. The minimum atomic E-state index is -0.207. The van der Waals surface area contributed by atoms with Gasteiger partial charge in [-0.15, -0.1) is 11.3 Å². The summed E-state index contributed by atoms with van der Waals surface area (Å²) in [4.78, 5) is 48.1. The first-order valence-corrected chi connectivity index (χ1v) is 12.5. The number of benzene rings is 1. The second-order valence-electron chi connectivity index (χ2n) is 8.75. The van der Waals surface area contributed by atoms with Crippen molar-refractivity contribution in [1.29, 1.82) is 0 Å². The molecule has 7 nitrogen and oxygen atoms in total. The van der Waals surface area contributed by atoms with Crippen LogP contribution in [0.25, 0.3) is 5.69 Å². The number of ketones is 2. The van der Waals surface area contributed by atoms with Crippen molar-refractivity contribution in [1.82, 2.24) is 14.8 Å². The van der Waals surface area contributed by atoms with E-state index < -0.39 is 0 Å². The van der Waals surface area contributed by atoms with Crippen LogP contribution in [0, 0.1) is 20.8 Å². The summed E-state index contributed by atoms with van der Waals surface area (Å²) in [5.41, 5.74) is 5.28. The molecule has 4 rings (SSSR count). The number of Topliss-reactive ketones (excluding diaryl/α,β-unsaturated/α-hetero) is 2. The summed E-state index contributed by atoms with van der Waals surface area (Å²) >= 11 is 1.18. The molecule has 0 bridgehead atoms. The van der Waals surface area contributed by atoms with E-state index in [1.54, 1.807) is 25.3 Å². The van der Waals surface area contributed by atoms with E-state index in [1.165, 1.54) is 16.0 Å². The topological polar surface area (TPSA) is 97.2 Å². The second kappa shape index (κ2) is 10.8. The van der Waals surface area contributed by atoms with E-state index in [1.807, 2.05) is 57.2 Å². The number of nitrogens with one attached hydrogen (secondary N) is 1. The van der Waals surface area contributed by atoms with Gasteiger partial charge in [0.05, 0.1) is 21.0 Å². The van der Waals surface area contributed by atoms with Crippen LogP contribution < -0.4 is 5.56 Å². The predicted molar refractivity (Wildman–Crippen MR) is 143 cm³/mol. The molecule has 0 aliphatic carbocycles. The lowest BCUT2D eigenvalue weighted by atomic mass is 10.1. The molecule has 0 unspecified atom stereocenters. The van der Waals surface area contributed by atoms with Gasteiger partial charge in [0.2, 0.25) is 0 Å². The summed E-state index contributed by atoms with van der Waals surface area (Å²) in [5, 5.41) is 3.11. The Kier molecular flexibility index (Phi) is 7.55. The Morgan fingerprint density at radius 2 is 1.75 bits per heavy atom. The van der Waals surface area contributed by atoms with Crippen LogP contribution in [-0.4, -0.2) is 38.6 Å². The van der Waals surface area contributed by atoms with Crippen LogP contribution in [0.1, 0.15) is 60.8 Å². The number of rotatable bonds is 9. The summed E-state index contributed by atoms with van der Waals surface area (Å²) in [6.07, 6.45) is 2.60. The van der Waals surface area contributed by atoms with E-state index in [0.29, 0.717) is 39.6 Å². The number of aryl methyl sites for hydroxylation is 4. The number of hydrogen-bond donors (Lipinski definition) is 1. The van der Waals surface area contributed by atoms with E-state index in [2.05, 4.69) is 15.1 Å². The Bertz CT molecular complexity index is 1510. The average Bonchev–Trinajstić information content (AvgIpc) is 3.48. The summed E-state index contributed by atoms with van der Waals surface area (Å²) in [6.45, 7) is 7.48. The van der Waals surface area contributed by atoms with Crippen LogP contribution in [-0.2, 0) is 6.42 Å². The fourth-order valence-corrected chi connectivity index (χ4v) is 4.82. The lowest BCUT2D eigenvalue weighted by Crippen LogP contribution is -2.20. The van der Waals surface area contributed by atoms with Crippen LogP contribution in [0.3, 0.4) is 0 Å². The number of aliphatic imine (C=N–C) groups is 1. The van der Waals surface area contributed by atoms with E-state index in [0.717, 1.165) is 22.5 Å². The normalized spacial score (nSPS) is 11.6. The molecule has 0 aliphatic heterocycles. The zero-order valence-corrected chi connectivity index (χ0v) is 21.6. The standard InChI is InChI=1S/C28H28N4O3S/c1-17-8-10-22(15-18(17)2)32-28(35)27(20(4)31-32)19(3)30-16-24(34)26-13-12-25(36-26)23(33)11-9-21-7-5-6-14-29-21/h5-8,10,12-15,31H,9,11,16H2,1-4H3. The highest BCUT2D eigenvalue weighted by molar-refractivity contribution is 7.16. The summed E-state index contributed by atoms with van der Waals surface area (Å²) < 4.78 is 1.50. The number of hydrogen-bond acceptors (Lipinski definition) is 6. The second-order valence-corrected chi connectivity index (χ2v) is 9.84. The SMILES string of the molecule is CC(=NCC(=O)c1ccc(C(=O)CCc2ccccn2)s1)c1c(C)[nH]n(-c2ccc(C)c(C)c2)c1=O. The van der Waals surface area contributed by atoms with Gasteiger partial charge >= 0.3 is 0 Å². The Balaban J connectivity index is 1.44. The first-order valence-electron chi connectivity index (χ1n) is 11.7. The molecular formula is C28H28N4O3S. The van der Waals surface area contributed by atoms with Gasteiger partial charge in [-0.3, -0.25) is 29.5 Å². The van der Waals surface area contributed by atoms with Crippen LogP contribution in [0.15, 0.2) is 64.5 Å². The molecule has 0 saturated heterocycles. The molecule has 1 N–H and O–H groups in total. The van der Waals surface area contributed by atoms with Gasteiger partial charge < -0.3 is 0 Å². The Hall–Kier alpha value is -3.91. The van der Waals surface area contributed by atoms with E-state index in [9.17, 15) is 14.4 Å². The molecule has 3 aromatic heterocycles. The van der Waals surface area contributed by atoms with Gasteiger partial charge in [0.15, 0.2) is 11.6 Å². The molecule has 4 aromatic rings. The molecule has 0 saturated carbocycles. The Labute approximate surface area is 213 Å². The fraction of sp³-hybridized carbons (Fsp3) is 0.250. The Morgan fingerprint density at radius 3 is 2.44 bits per heavy atom. The summed E-state index contributed by atoms with van der Waals surface area (Å²) in [6, 6.07) is 14.8. The quantitative estimate of drug-likeness (QED) is 0.257. The third kappa shape index (κ3) is 5.49. The molecule has 184 valence electrons. The largest absolute Gasteiger partial charge is 0.295 e. The fourth-order valence-electron chi connectivity index (χ4n) is 3.91. The van der Waals surface area contributed by atoms with Gasteiger partial charge in [-0.1, -0.05) is 12.1 Å². The maximum atomic E-state index is 13.1. The van der Waals surface area contributed by atoms with Gasteiger partial charge in [0, 0.05) is 29.7 Å². The van der Waals surface area contributed by atoms with Crippen LogP contribution in [0.4, 0.5) is 0 Å². The zero-order valence-electron chi connectivity index (χ0n) is 20.8. The van der Waals surface area contributed by atoms with Crippen molar-refractivity contribution in [2.75, 3.05) is 6.54 Å². The highest BCUT2D eigenvalue weighted by Crippen LogP contribution is 2.20. The lowest BCUT2D eigenvalue weighted by molar-refractivity contribution is 0.0984. The number of carbonyl (C=O) groups is 2. The number of nitrogens with zero attached hydrogens (tertiary/aromatic N) is 3. The maximum absolute atomic E-state index is 13.1.